The van der Waals surface area contributed by atoms with Gasteiger partial charge in [-0.1, -0.05) is 31.1 Å². The monoisotopic (exact) mass is 515 g/mol. The largest absolute Gasteiger partial charge is 0.339 e. The summed E-state index contributed by atoms with van der Waals surface area (Å²) in [4.78, 5) is 35.9. The minimum atomic E-state index is -1.04. The first-order valence-corrected chi connectivity index (χ1v) is 12.7. The van der Waals surface area contributed by atoms with Crippen LogP contribution in [0.4, 0.5) is 5.69 Å². The Balaban J connectivity index is 1.45. The Labute approximate surface area is 222 Å². The number of hydrogen-bond donors (Lipinski definition) is 6. The molecule has 0 bridgehead atoms. The predicted molar refractivity (Wildman–Crippen MR) is 145 cm³/mol. The van der Waals surface area contributed by atoms with Gasteiger partial charge in [-0.15, -0.1) is 0 Å². The lowest BCUT2D eigenvalue weighted by Crippen LogP contribution is -2.50. The number of carbonyl (C=O) groups is 3. The number of carbonyl (C=O) groups excluding carboxylic acids is 3. The third-order valence-electron chi connectivity index (χ3n) is 6.20. The zero-order valence-corrected chi connectivity index (χ0v) is 21.2. The number of nitrogens with two attached hydrogens (primary N) is 1. The molecule has 9 heteroatoms. The van der Waals surface area contributed by atoms with Crippen molar-refractivity contribution in [1.82, 2.24) is 16.1 Å². The zero-order chi connectivity index (χ0) is 27.2. The number of hydrogen-bond acceptors (Lipinski definition) is 6. The molecule has 1 aliphatic carbocycles. The lowest BCUT2D eigenvalue weighted by molar-refractivity contribution is -0.130. The number of amides is 3. The van der Waals surface area contributed by atoms with Gasteiger partial charge in [-0.05, 0) is 85.7 Å². The Bertz CT molecular complexity index is 1210. The molecule has 0 aromatic heterocycles. The van der Waals surface area contributed by atoms with E-state index in [-0.39, 0.29) is 12.5 Å². The van der Waals surface area contributed by atoms with Crippen molar-refractivity contribution < 1.29 is 19.6 Å². The van der Waals surface area contributed by atoms with Crippen molar-refractivity contribution in [3.8, 4) is 23.7 Å². The van der Waals surface area contributed by atoms with E-state index in [1.165, 1.54) is 37.6 Å². The quantitative estimate of drug-likeness (QED) is 0.171. The van der Waals surface area contributed by atoms with Crippen molar-refractivity contribution >= 4 is 23.4 Å². The maximum Gasteiger partial charge on any atom is 0.267 e. The van der Waals surface area contributed by atoms with Crippen LogP contribution in [0.2, 0.25) is 0 Å². The van der Waals surface area contributed by atoms with E-state index in [4.69, 9.17) is 10.9 Å². The standard InChI is InChI=1S/C29H33N5O4/c30-18-26(29(37)34-38)33-28(36)24-14-10-21(11-15-24)6-4-5-7-22-12-16-25(17-13-22)32-27(35)20-31-19-23-8-2-1-3-9-23/h10-17,23,26,31,38H,1-3,8-9,18-20,30H2,(H,32,35)(H,33,36)(H,34,37)/t26-/m0/s1. The van der Waals surface area contributed by atoms with Crippen LogP contribution in [0.1, 0.15) is 53.6 Å². The molecule has 9 nitrogen and oxygen atoms in total. The molecular weight excluding hydrogens is 482 g/mol. The van der Waals surface area contributed by atoms with Gasteiger partial charge in [0, 0.05) is 28.9 Å². The second-order valence-electron chi connectivity index (χ2n) is 9.08. The molecule has 0 radical (unpaired) electrons. The molecule has 38 heavy (non-hydrogen) atoms. The Morgan fingerprint density at radius 1 is 0.921 bits per heavy atom. The summed E-state index contributed by atoms with van der Waals surface area (Å²) >= 11 is 0. The van der Waals surface area contributed by atoms with Crippen LogP contribution < -0.4 is 27.2 Å². The summed E-state index contributed by atoms with van der Waals surface area (Å²) in [6.45, 7) is 1.03. The van der Waals surface area contributed by atoms with Crippen molar-refractivity contribution in [2.45, 2.75) is 38.1 Å². The van der Waals surface area contributed by atoms with Crippen molar-refractivity contribution in [3.63, 3.8) is 0 Å². The molecule has 0 unspecified atom stereocenters. The molecular formula is C29H33N5O4. The van der Waals surface area contributed by atoms with E-state index >= 15 is 0 Å². The van der Waals surface area contributed by atoms with Crippen LogP contribution >= 0.6 is 0 Å². The summed E-state index contributed by atoms with van der Waals surface area (Å²) in [5.41, 5.74) is 9.36. The van der Waals surface area contributed by atoms with Crippen molar-refractivity contribution in [3.05, 3.63) is 65.2 Å². The molecule has 2 aromatic rings. The van der Waals surface area contributed by atoms with Gasteiger partial charge < -0.3 is 21.7 Å². The molecule has 1 aliphatic rings. The zero-order valence-electron chi connectivity index (χ0n) is 21.2. The first kappa shape index (κ1) is 28.4. The first-order valence-electron chi connectivity index (χ1n) is 12.7. The molecule has 198 valence electrons. The molecule has 1 saturated carbocycles. The third kappa shape index (κ3) is 9.38. The fraction of sp³-hybridized carbons (Fsp3) is 0.345. The minimum absolute atomic E-state index is 0.0659. The van der Waals surface area contributed by atoms with Crippen molar-refractivity contribution in [2.75, 3.05) is 25.0 Å². The highest BCUT2D eigenvalue weighted by molar-refractivity contribution is 5.97. The van der Waals surface area contributed by atoms with E-state index < -0.39 is 17.9 Å². The van der Waals surface area contributed by atoms with E-state index in [0.29, 0.717) is 29.3 Å². The second kappa shape index (κ2) is 15.2. The molecule has 1 atom stereocenters. The topological polar surface area (TPSA) is 146 Å². The number of anilines is 1. The normalized spacial score (nSPS) is 13.6. The molecule has 0 heterocycles. The van der Waals surface area contributed by atoms with Crippen LogP contribution in [-0.2, 0) is 9.59 Å². The molecule has 3 rings (SSSR count). The summed E-state index contributed by atoms with van der Waals surface area (Å²) in [6, 6.07) is 12.7. The van der Waals surface area contributed by atoms with Crippen LogP contribution in [0.3, 0.4) is 0 Å². The Kier molecular flexibility index (Phi) is 11.4. The smallest absolute Gasteiger partial charge is 0.267 e. The Hall–Kier alpha value is -4.15. The maximum atomic E-state index is 12.2. The van der Waals surface area contributed by atoms with Gasteiger partial charge in [-0.3, -0.25) is 19.6 Å². The summed E-state index contributed by atoms with van der Waals surface area (Å²) in [5, 5.41) is 17.3. The predicted octanol–water partition coefficient (Wildman–Crippen LogP) is 1.76. The average molecular weight is 516 g/mol. The van der Waals surface area contributed by atoms with Crippen LogP contribution in [0.5, 0.6) is 0 Å². The first-order chi connectivity index (χ1) is 18.5. The van der Waals surface area contributed by atoms with Gasteiger partial charge in [0.2, 0.25) is 5.91 Å². The average Bonchev–Trinajstić information content (AvgIpc) is 2.95. The lowest BCUT2D eigenvalue weighted by atomic mass is 9.89. The second-order valence-corrected chi connectivity index (χ2v) is 9.08. The van der Waals surface area contributed by atoms with Gasteiger partial charge in [-0.2, -0.15) is 0 Å². The van der Waals surface area contributed by atoms with Crippen molar-refractivity contribution in [2.24, 2.45) is 11.7 Å². The van der Waals surface area contributed by atoms with Crippen LogP contribution in [0, 0.1) is 29.6 Å². The lowest BCUT2D eigenvalue weighted by Gasteiger charge is -2.21. The van der Waals surface area contributed by atoms with E-state index in [9.17, 15) is 14.4 Å². The highest BCUT2D eigenvalue weighted by Crippen LogP contribution is 2.22. The number of hydroxylamine groups is 1. The van der Waals surface area contributed by atoms with Gasteiger partial charge in [0.15, 0.2) is 0 Å². The van der Waals surface area contributed by atoms with Crippen molar-refractivity contribution in [1.29, 1.82) is 0 Å². The molecule has 0 saturated heterocycles. The highest BCUT2D eigenvalue weighted by Gasteiger charge is 2.19. The van der Waals surface area contributed by atoms with E-state index in [2.05, 4.69) is 39.6 Å². The molecule has 0 aliphatic heterocycles. The fourth-order valence-electron chi connectivity index (χ4n) is 4.09. The summed E-state index contributed by atoms with van der Waals surface area (Å²) in [5.74, 6) is 10.7. The van der Waals surface area contributed by atoms with E-state index in [1.54, 1.807) is 36.4 Å². The number of benzene rings is 2. The third-order valence-corrected chi connectivity index (χ3v) is 6.20. The molecule has 7 N–H and O–H groups in total. The maximum absolute atomic E-state index is 12.2. The van der Waals surface area contributed by atoms with Crippen LogP contribution in [0.25, 0.3) is 0 Å². The molecule has 1 fully saturated rings. The molecule has 3 amide bonds. The van der Waals surface area contributed by atoms with Gasteiger partial charge in [0.1, 0.15) is 6.04 Å². The van der Waals surface area contributed by atoms with Gasteiger partial charge in [-0.25, -0.2) is 5.48 Å². The molecule has 0 spiro atoms. The van der Waals surface area contributed by atoms with E-state index in [0.717, 1.165) is 12.1 Å². The van der Waals surface area contributed by atoms with Gasteiger partial charge in [0.05, 0.1) is 6.54 Å². The Morgan fingerprint density at radius 2 is 1.53 bits per heavy atom. The highest BCUT2D eigenvalue weighted by atomic mass is 16.5. The SMILES string of the molecule is NC[C@H](NC(=O)c1ccc(C#CC#Cc2ccc(NC(=O)CNCC3CCCCC3)cc2)cc1)C(=O)NO. The summed E-state index contributed by atoms with van der Waals surface area (Å²) in [6.07, 6.45) is 6.40. The molecule has 2 aromatic carbocycles. The summed E-state index contributed by atoms with van der Waals surface area (Å²) in [7, 11) is 0. The van der Waals surface area contributed by atoms with Crippen LogP contribution in [-0.4, -0.2) is 48.6 Å². The summed E-state index contributed by atoms with van der Waals surface area (Å²) < 4.78 is 0. The minimum Gasteiger partial charge on any atom is -0.339 e. The number of nitrogens with one attached hydrogen (secondary N) is 4. The van der Waals surface area contributed by atoms with E-state index in [1.807, 2.05) is 12.1 Å². The number of rotatable bonds is 9. The fourth-order valence-corrected chi connectivity index (χ4v) is 4.09. The van der Waals surface area contributed by atoms with Crippen LogP contribution in [0.15, 0.2) is 48.5 Å². The van der Waals surface area contributed by atoms with Gasteiger partial charge in [0.25, 0.3) is 11.8 Å². The van der Waals surface area contributed by atoms with Gasteiger partial charge >= 0.3 is 0 Å². The Morgan fingerprint density at radius 3 is 2.11 bits per heavy atom.